The van der Waals surface area contributed by atoms with Crippen LogP contribution in [0.4, 0.5) is 10.5 Å². The molecule has 0 saturated heterocycles. The number of carbonyl (C=O) groups excluding carboxylic acids is 1. The highest BCUT2D eigenvalue weighted by molar-refractivity contribution is 7.98. The molecule has 0 bridgehead atoms. The van der Waals surface area contributed by atoms with Crippen LogP contribution in [-0.2, 0) is 4.79 Å². The van der Waals surface area contributed by atoms with Gasteiger partial charge in [-0.3, -0.25) is 4.79 Å². The van der Waals surface area contributed by atoms with E-state index >= 15 is 0 Å². The second-order valence-electron chi connectivity index (χ2n) is 4.87. The molecule has 2 unspecified atom stereocenters. The van der Waals surface area contributed by atoms with Crippen molar-refractivity contribution in [1.82, 2.24) is 5.32 Å². The van der Waals surface area contributed by atoms with Crippen LogP contribution in [-0.4, -0.2) is 29.4 Å². The Labute approximate surface area is 122 Å². The van der Waals surface area contributed by atoms with Gasteiger partial charge >= 0.3 is 12.0 Å². The van der Waals surface area contributed by atoms with Crippen molar-refractivity contribution in [3.8, 4) is 0 Å². The summed E-state index contributed by atoms with van der Waals surface area (Å²) in [6, 6.07) is 7.24. The summed E-state index contributed by atoms with van der Waals surface area (Å²) in [7, 11) is 0. The predicted molar refractivity (Wildman–Crippen MR) is 79.1 cm³/mol. The van der Waals surface area contributed by atoms with Gasteiger partial charge in [0.2, 0.25) is 0 Å². The molecule has 0 aromatic heterocycles. The molecule has 6 heteroatoms. The maximum Gasteiger partial charge on any atom is 0.319 e. The molecule has 1 aliphatic rings. The Morgan fingerprint density at radius 1 is 1.25 bits per heavy atom. The van der Waals surface area contributed by atoms with E-state index in [1.807, 2.05) is 30.5 Å². The lowest BCUT2D eigenvalue weighted by Gasteiger charge is -2.13. The number of hydrogen-bond donors (Lipinski definition) is 3. The number of carboxylic acid groups (broad SMARTS) is 1. The van der Waals surface area contributed by atoms with Crippen molar-refractivity contribution in [1.29, 1.82) is 0 Å². The fraction of sp³-hybridized carbons (Fsp3) is 0.429. The first-order chi connectivity index (χ1) is 9.58. The van der Waals surface area contributed by atoms with Gasteiger partial charge in [-0.1, -0.05) is 0 Å². The number of carboxylic acids is 1. The van der Waals surface area contributed by atoms with Gasteiger partial charge in [-0.05, 0) is 49.8 Å². The zero-order chi connectivity index (χ0) is 14.5. The van der Waals surface area contributed by atoms with Gasteiger partial charge < -0.3 is 15.7 Å². The SMILES string of the molecule is CSc1ccc(NC(=O)NC2CCC(C(=O)O)C2)cc1. The van der Waals surface area contributed by atoms with E-state index in [1.54, 1.807) is 11.8 Å². The average Bonchev–Trinajstić information content (AvgIpc) is 2.88. The number of amides is 2. The maximum absolute atomic E-state index is 11.8. The highest BCUT2D eigenvalue weighted by Crippen LogP contribution is 2.25. The van der Waals surface area contributed by atoms with Gasteiger partial charge in [-0.15, -0.1) is 11.8 Å². The predicted octanol–water partition coefficient (Wildman–Crippen LogP) is 2.78. The van der Waals surface area contributed by atoms with E-state index in [9.17, 15) is 9.59 Å². The summed E-state index contributed by atoms with van der Waals surface area (Å²) < 4.78 is 0. The number of benzene rings is 1. The largest absolute Gasteiger partial charge is 0.481 e. The minimum absolute atomic E-state index is 0.0541. The van der Waals surface area contributed by atoms with Crippen LogP contribution in [0.2, 0.25) is 0 Å². The van der Waals surface area contributed by atoms with Crippen LogP contribution in [0, 0.1) is 5.92 Å². The van der Waals surface area contributed by atoms with Gasteiger partial charge in [0.25, 0.3) is 0 Å². The molecule has 1 aliphatic carbocycles. The highest BCUT2D eigenvalue weighted by Gasteiger charge is 2.30. The number of nitrogens with one attached hydrogen (secondary N) is 2. The minimum Gasteiger partial charge on any atom is -0.481 e. The fourth-order valence-electron chi connectivity index (χ4n) is 2.36. The Hall–Kier alpha value is -1.69. The summed E-state index contributed by atoms with van der Waals surface area (Å²) in [5, 5.41) is 14.5. The molecule has 1 fully saturated rings. The first-order valence-corrected chi connectivity index (χ1v) is 7.75. The van der Waals surface area contributed by atoms with Crippen LogP contribution >= 0.6 is 11.8 Å². The van der Waals surface area contributed by atoms with Crippen molar-refractivity contribution in [2.24, 2.45) is 5.92 Å². The third kappa shape index (κ3) is 3.90. The maximum atomic E-state index is 11.8. The topological polar surface area (TPSA) is 78.4 Å². The molecule has 108 valence electrons. The van der Waals surface area contributed by atoms with Gasteiger partial charge in [0.15, 0.2) is 0 Å². The summed E-state index contributed by atoms with van der Waals surface area (Å²) >= 11 is 1.64. The smallest absolute Gasteiger partial charge is 0.319 e. The first kappa shape index (κ1) is 14.7. The van der Waals surface area contributed by atoms with Crippen LogP contribution < -0.4 is 10.6 Å². The minimum atomic E-state index is -0.776. The number of anilines is 1. The Morgan fingerprint density at radius 3 is 2.50 bits per heavy atom. The molecular weight excluding hydrogens is 276 g/mol. The second-order valence-corrected chi connectivity index (χ2v) is 5.75. The van der Waals surface area contributed by atoms with E-state index in [0.29, 0.717) is 12.8 Å². The molecule has 0 spiro atoms. The number of aliphatic carboxylic acids is 1. The van der Waals surface area contributed by atoms with E-state index < -0.39 is 5.97 Å². The number of rotatable bonds is 4. The Morgan fingerprint density at radius 2 is 1.95 bits per heavy atom. The lowest BCUT2D eigenvalue weighted by atomic mass is 10.1. The summed E-state index contributed by atoms with van der Waals surface area (Å²) in [5.41, 5.74) is 0.730. The van der Waals surface area contributed by atoms with Crippen molar-refractivity contribution in [3.63, 3.8) is 0 Å². The Bertz CT molecular complexity index is 490. The molecular formula is C14H18N2O3S. The Kier molecular flexibility index (Phi) is 4.89. The number of carbonyl (C=O) groups is 2. The van der Waals surface area contributed by atoms with Crippen LogP contribution in [0.15, 0.2) is 29.2 Å². The van der Waals surface area contributed by atoms with Gasteiger partial charge in [-0.2, -0.15) is 0 Å². The van der Waals surface area contributed by atoms with Crippen molar-refractivity contribution in [3.05, 3.63) is 24.3 Å². The van der Waals surface area contributed by atoms with Gasteiger partial charge in [0.05, 0.1) is 5.92 Å². The summed E-state index contributed by atoms with van der Waals surface area (Å²) in [4.78, 5) is 23.8. The molecule has 20 heavy (non-hydrogen) atoms. The van der Waals surface area contributed by atoms with E-state index in [-0.39, 0.29) is 18.0 Å². The lowest BCUT2D eigenvalue weighted by molar-refractivity contribution is -0.141. The number of hydrogen-bond acceptors (Lipinski definition) is 3. The van der Waals surface area contributed by atoms with Crippen molar-refractivity contribution in [2.75, 3.05) is 11.6 Å². The van der Waals surface area contributed by atoms with E-state index in [1.165, 1.54) is 0 Å². The van der Waals surface area contributed by atoms with Crippen LogP contribution in [0.1, 0.15) is 19.3 Å². The van der Waals surface area contributed by atoms with Crippen LogP contribution in [0.25, 0.3) is 0 Å². The van der Waals surface area contributed by atoms with Gasteiger partial charge in [0.1, 0.15) is 0 Å². The Balaban J connectivity index is 1.82. The van der Waals surface area contributed by atoms with Crippen molar-refractivity contribution in [2.45, 2.75) is 30.2 Å². The molecule has 2 amide bonds. The first-order valence-electron chi connectivity index (χ1n) is 6.53. The molecule has 1 aromatic rings. The van der Waals surface area contributed by atoms with Gasteiger partial charge in [0, 0.05) is 16.6 Å². The molecule has 5 nitrogen and oxygen atoms in total. The van der Waals surface area contributed by atoms with E-state index in [2.05, 4.69) is 10.6 Å². The molecule has 1 aromatic carbocycles. The molecule has 0 radical (unpaired) electrons. The lowest BCUT2D eigenvalue weighted by Crippen LogP contribution is -2.36. The van der Waals surface area contributed by atoms with E-state index in [4.69, 9.17) is 5.11 Å². The summed E-state index contributed by atoms with van der Waals surface area (Å²) in [5.74, 6) is -1.11. The number of thioether (sulfide) groups is 1. The molecule has 2 atom stereocenters. The standard InChI is InChI=1S/C14H18N2O3S/c1-20-12-6-4-10(5-7-12)15-14(19)16-11-3-2-9(8-11)13(17)18/h4-7,9,11H,2-3,8H2,1H3,(H,17,18)(H2,15,16,19). The fourth-order valence-corrected chi connectivity index (χ4v) is 2.77. The zero-order valence-electron chi connectivity index (χ0n) is 11.3. The van der Waals surface area contributed by atoms with Crippen LogP contribution in [0.3, 0.4) is 0 Å². The molecule has 0 heterocycles. The quantitative estimate of drug-likeness (QED) is 0.746. The summed E-state index contributed by atoms with van der Waals surface area (Å²) in [6.07, 6.45) is 3.85. The summed E-state index contributed by atoms with van der Waals surface area (Å²) in [6.45, 7) is 0. The second kappa shape index (κ2) is 6.65. The average molecular weight is 294 g/mol. The van der Waals surface area contributed by atoms with E-state index in [0.717, 1.165) is 17.0 Å². The molecule has 2 rings (SSSR count). The molecule has 1 saturated carbocycles. The van der Waals surface area contributed by atoms with Crippen molar-refractivity contribution < 1.29 is 14.7 Å². The monoisotopic (exact) mass is 294 g/mol. The highest BCUT2D eigenvalue weighted by atomic mass is 32.2. The zero-order valence-corrected chi connectivity index (χ0v) is 12.1. The number of urea groups is 1. The van der Waals surface area contributed by atoms with Crippen LogP contribution in [0.5, 0.6) is 0 Å². The van der Waals surface area contributed by atoms with Crippen molar-refractivity contribution >= 4 is 29.4 Å². The third-order valence-electron chi connectivity index (χ3n) is 3.46. The molecule has 3 N–H and O–H groups in total. The normalized spacial score (nSPS) is 21.4. The van der Waals surface area contributed by atoms with Gasteiger partial charge in [-0.25, -0.2) is 4.79 Å². The molecule has 0 aliphatic heterocycles. The third-order valence-corrected chi connectivity index (χ3v) is 4.21.